The Kier molecular flexibility index (Phi) is 4.52. The average Bonchev–Trinajstić information content (AvgIpc) is 3.24. The number of rotatable bonds is 5. The van der Waals surface area contributed by atoms with Crippen molar-refractivity contribution in [3.8, 4) is 0 Å². The Morgan fingerprint density at radius 1 is 1.28 bits per heavy atom. The van der Waals surface area contributed by atoms with Crippen LogP contribution in [0.2, 0.25) is 0 Å². The molecule has 29 heavy (non-hydrogen) atoms. The summed E-state index contributed by atoms with van der Waals surface area (Å²) in [6.45, 7) is 7.25. The molecular formula is C20H25N7O2. The third-order valence-electron chi connectivity index (χ3n) is 5.44. The summed E-state index contributed by atoms with van der Waals surface area (Å²) in [5.74, 6) is -0.296. The van der Waals surface area contributed by atoms with Crippen molar-refractivity contribution in [2.75, 3.05) is 23.8 Å². The van der Waals surface area contributed by atoms with E-state index in [-0.39, 0.29) is 11.9 Å². The van der Waals surface area contributed by atoms with Crippen LogP contribution in [0.1, 0.15) is 52.9 Å². The van der Waals surface area contributed by atoms with Crippen molar-refractivity contribution in [2.24, 2.45) is 5.73 Å². The summed E-state index contributed by atoms with van der Waals surface area (Å²) >= 11 is 0. The number of primary amides is 1. The Balaban J connectivity index is 1.85. The number of nitrogens with two attached hydrogens (primary N) is 1. The van der Waals surface area contributed by atoms with E-state index in [2.05, 4.69) is 31.8 Å². The van der Waals surface area contributed by atoms with Crippen molar-refractivity contribution in [3.05, 3.63) is 35.2 Å². The van der Waals surface area contributed by atoms with Crippen molar-refractivity contribution < 1.29 is 9.59 Å². The number of nitrogens with one attached hydrogen (secondary N) is 1. The molecule has 1 aliphatic rings. The number of carbonyl (C=O) groups is 2. The van der Waals surface area contributed by atoms with Gasteiger partial charge in [0.15, 0.2) is 0 Å². The van der Waals surface area contributed by atoms with Crippen LogP contribution in [0.3, 0.4) is 0 Å². The number of nitrogens with zero attached hydrogens (tertiary/aromatic N) is 5. The average molecular weight is 395 g/mol. The van der Waals surface area contributed by atoms with Gasteiger partial charge in [-0.1, -0.05) is 6.92 Å². The van der Waals surface area contributed by atoms with Crippen LogP contribution in [0.25, 0.3) is 11.0 Å². The summed E-state index contributed by atoms with van der Waals surface area (Å²) in [7, 11) is 1.99. The molecule has 4 rings (SSSR count). The van der Waals surface area contributed by atoms with Gasteiger partial charge in [-0.3, -0.25) is 19.6 Å². The maximum Gasteiger partial charge on any atom is 0.276 e. The number of imidazole rings is 1. The highest BCUT2D eigenvalue weighted by molar-refractivity contribution is 6.05. The topological polar surface area (TPSA) is 111 Å². The van der Waals surface area contributed by atoms with E-state index in [1.807, 2.05) is 20.9 Å². The van der Waals surface area contributed by atoms with E-state index < -0.39 is 5.91 Å². The van der Waals surface area contributed by atoms with Crippen LogP contribution < -0.4 is 16.0 Å². The van der Waals surface area contributed by atoms with Crippen LogP contribution in [0.15, 0.2) is 18.2 Å². The number of carbonyl (C=O) groups excluding carboxylic acids is 2. The number of aryl methyl sites for hydroxylation is 2. The fourth-order valence-corrected chi connectivity index (χ4v) is 4.03. The number of anilines is 2. The molecule has 3 N–H and O–H groups in total. The molecule has 0 fully saturated rings. The van der Waals surface area contributed by atoms with Gasteiger partial charge in [0.05, 0.1) is 28.5 Å². The molecule has 0 radical (unpaired) electrons. The van der Waals surface area contributed by atoms with Gasteiger partial charge in [0.2, 0.25) is 11.9 Å². The molecule has 2 amide bonds. The molecule has 1 aromatic carbocycles. The highest BCUT2D eigenvalue weighted by atomic mass is 16.2. The predicted molar refractivity (Wildman–Crippen MR) is 111 cm³/mol. The molecule has 1 atom stereocenters. The van der Waals surface area contributed by atoms with E-state index in [4.69, 9.17) is 5.73 Å². The van der Waals surface area contributed by atoms with Gasteiger partial charge in [0, 0.05) is 25.7 Å². The molecule has 0 spiro atoms. The van der Waals surface area contributed by atoms with Crippen molar-refractivity contribution in [2.45, 2.75) is 39.8 Å². The number of hydrogen-bond donors (Lipinski definition) is 2. The summed E-state index contributed by atoms with van der Waals surface area (Å²) in [5.41, 5.74) is 9.59. The summed E-state index contributed by atoms with van der Waals surface area (Å²) in [6.07, 6.45) is 0.877. The van der Waals surface area contributed by atoms with Gasteiger partial charge in [-0.25, -0.2) is 4.98 Å². The van der Waals surface area contributed by atoms with Crippen LogP contribution in [-0.4, -0.2) is 44.7 Å². The Bertz CT molecular complexity index is 1130. The second-order valence-electron chi connectivity index (χ2n) is 7.42. The second kappa shape index (κ2) is 6.91. The van der Waals surface area contributed by atoms with Crippen molar-refractivity contribution in [1.29, 1.82) is 0 Å². The predicted octanol–water partition coefficient (Wildman–Crippen LogP) is 2.31. The minimum atomic E-state index is -0.503. The normalized spacial score (nSPS) is 15.7. The maximum absolute atomic E-state index is 13.0. The lowest BCUT2D eigenvalue weighted by Crippen LogP contribution is -2.33. The van der Waals surface area contributed by atoms with Gasteiger partial charge < -0.3 is 15.2 Å². The summed E-state index contributed by atoms with van der Waals surface area (Å²) in [5, 5.41) is 7.31. The Morgan fingerprint density at radius 3 is 2.69 bits per heavy atom. The molecule has 9 nitrogen and oxygen atoms in total. The van der Waals surface area contributed by atoms with Crippen LogP contribution in [-0.2, 0) is 6.54 Å². The number of likely N-dealkylation sites (N-methyl/N-ethyl adjacent to an activating group) is 1. The minimum Gasteiger partial charge on any atom is -0.371 e. The first-order valence-electron chi connectivity index (χ1n) is 9.76. The summed E-state index contributed by atoms with van der Waals surface area (Å²) in [4.78, 5) is 31.5. The monoisotopic (exact) mass is 395 g/mol. The highest BCUT2D eigenvalue weighted by Gasteiger charge is 2.29. The molecule has 0 saturated heterocycles. The van der Waals surface area contributed by atoms with E-state index >= 15 is 0 Å². The van der Waals surface area contributed by atoms with Crippen LogP contribution in [0, 0.1) is 6.92 Å². The SMILES string of the molecule is CCC1CN(C)c2cc(C(N)=O)cc3nc(NC(=O)c4cc(C)nn4CC)n1c23. The number of amides is 2. The van der Waals surface area contributed by atoms with Crippen molar-refractivity contribution in [3.63, 3.8) is 0 Å². The quantitative estimate of drug-likeness (QED) is 0.689. The minimum absolute atomic E-state index is 0.144. The number of hydrogen-bond acceptors (Lipinski definition) is 5. The van der Waals surface area contributed by atoms with Crippen molar-refractivity contribution in [1.82, 2.24) is 19.3 Å². The summed E-state index contributed by atoms with van der Waals surface area (Å²) < 4.78 is 3.73. The van der Waals surface area contributed by atoms with Crippen LogP contribution in [0.5, 0.6) is 0 Å². The third kappa shape index (κ3) is 3.02. The first-order chi connectivity index (χ1) is 13.8. The number of benzene rings is 1. The first kappa shape index (κ1) is 19.0. The lowest BCUT2D eigenvalue weighted by atomic mass is 10.1. The fraction of sp³-hybridized carbons (Fsp3) is 0.400. The Hall–Kier alpha value is -3.36. The van der Waals surface area contributed by atoms with E-state index in [1.165, 1.54) is 0 Å². The zero-order chi connectivity index (χ0) is 20.9. The molecule has 0 aliphatic carbocycles. The van der Waals surface area contributed by atoms with Gasteiger partial charge in [-0.05, 0) is 38.5 Å². The van der Waals surface area contributed by atoms with E-state index in [9.17, 15) is 9.59 Å². The van der Waals surface area contributed by atoms with Gasteiger partial charge >= 0.3 is 0 Å². The second-order valence-corrected chi connectivity index (χ2v) is 7.42. The van der Waals surface area contributed by atoms with Crippen LogP contribution in [0.4, 0.5) is 11.6 Å². The fourth-order valence-electron chi connectivity index (χ4n) is 4.03. The lowest BCUT2D eigenvalue weighted by Gasteiger charge is -2.33. The van der Waals surface area contributed by atoms with E-state index in [1.54, 1.807) is 22.9 Å². The molecule has 1 unspecified atom stereocenters. The smallest absolute Gasteiger partial charge is 0.276 e. The van der Waals surface area contributed by atoms with Crippen LogP contribution >= 0.6 is 0 Å². The maximum atomic E-state index is 13.0. The lowest BCUT2D eigenvalue weighted by molar-refractivity contribution is 0.0996. The Labute approximate surface area is 168 Å². The molecule has 9 heteroatoms. The van der Waals surface area contributed by atoms with Gasteiger partial charge in [0.1, 0.15) is 5.69 Å². The first-order valence-corrected chi connectivity index (χ1v) is 9.76. The summed E-state index contributed by atoms with van der Waals surface area (Å²) in [6, 6.07) is 5.37. The molecule has 3 heterocycles. The third-order valence-corrected chi connectivity index (χ3v) is 5.44. The largest absolute Gasteiger partial charge is 0.371 e. The zero-order valence-electron chi connectivity index (χ0n) is 17.1. The van der Waals surface area contributed by atoms with Crippen molar-refractivity contribution >= 4 is 34.5 Å². The standard InChI is InChI=1S/C20H25N7O2/c1-5-13-10-25(4)15-9-12(18(21)28)8-14-17(15)27(13)20(22-14)23-19(29)16-7-11(3)24-26(16)6-2/h7-9,13H,5-6,10H2,1-4H3,(H2,21,28)(H,22,23,29). The number of aromatic nitrogens is 4. The van der Waals surface area contributed by atoms with E-state index in [0.717, 1.165) is 29.9 Å². The molecule has 2 aromatic heterocycles. The Morgan fingerprint density at radius 2 is 2.03 bits per heavy atom. The van der Waals surface area contributed by atoms with Gasteiger partial charge in [-0.2, -0.15) is 5.10 Å². The molecule has 0 bridgehead atoms. The molecule has 152 valence electrons. The molecule has 1 aliphatic heterocycles. The van der Waals surface area contributed by atoms with E-state index in [0.29, 0.717) is 29.3 Å². The van der Waals surface area contributed by atoms with Gasteiger partial charge in [-0.15, -0.1) is 0 Å². The molecule has 0 saturated carbocycles. The molecular weight excluding hydrogens is 370 g/mol. The molecule has 3 aromatic rings. The highest BCUT2D eigenvalue weighted by Crippen LogP contribution is 2.38. The van der Waals surface area contributed by atoms with Gasteiger partial charge in [0.25, 0.3) is 5.91 Å². The zero-order valence-corrected chi connectivity index (χ0v) is 17.1.